The van der Waals surface area contributed by atoms with Crippen LogP contribution >= 0.6 is 0 Å². The minimum absolute atomic E-state index is 0.415. The summed E-state index contributed by atoms with van der Waals surface area (Å²) in [6.45, 7) is 4.27. The third-order valence-electron chi connectivity index (χ3n) is 7.14. The molecule has 0 spiro atoms. The van der Waals surface area contributed by atoms with E-state index < -0.39 is 35.7 Å². The molecule has 2 aromatic rings. The lowest BCUT2D eigenvalue weighted by atomic mass is 9.97. The molecule has 0 radical (unpaired) electrons. The van der Waals surface area contributed by atoms with E-state index in [0.29, 0.717) is 24.0 Å². The van der Waals surface area contributed by atoms with Gasteiger partial charge < -0.3 is 4.74 Å². The first-order valence-corrected chi connectivity index (χ1v) is 14.6. The van der Waals surface area contributed by atoms with Crippen molar-refractivity contribution < 1.29 is 31.1 Å². The lowest BCUT2D eigenvalue weighted by Crippen LogP contribution is -2.14. The Labute approximate surface area is 230 Å². The number of hydrogen-bond donors (Lipinski definition) is 0. The summed E-state index contributed by atoms with van der Waals surface area (Å²) in [5.74, 6) is 0. The molecule has 0 saturated carbocycles. The average molecular weight is 559 g/mol. The van der Waals surface area contributed by atoms with Crippen molar-refractivity contribution in [1.29, 1.82) is 0 Å². The van der Waals surface area contributed by atoms with Gasteiger partial charge in [0.2, 0.25) is 0 Å². The molecular weight excluding hydrogens is 514 g/mol. The summed E-state index contributed by atoms with van der Waals surface area (Å²) in [5.41, 5.74) is -0.664. The molecule has 0 aliphatic heterocycles. The van der Waals surface area contributed by atoms with Crippen molar-refractivity contribution in [2.75, 3.05) is 0 Å². The van der Waals surface area contributed by atoms with E-state index in [1.54, 1.807) is 12.1 Å². The van der Waals surface area contributed by atoms with E-state index in [1.165, 1.54) is 12.1 Å². The standard InChI is InChI=1S/C32H44F6O/c1-3-5-7-9-11-13-21-29(25-17-15-19-27(23-25)31(33,34)35)39-30(22-14-12-10-8-6-4-2)26-18-16-20-28(24-26)32(36,37)38/h15-20,23-24,29-30H,3-14,21-22H2,1-2H3. The maximum absolute atomic E-state index is 13.5. The summed E-state index contributed by atoms with van der Waals surface area (Å²) in [6, 6.07) is 10.3. The zero-order valence-corrected chi connectivity index (χ0v) is 23.3. The van der Waals surface area contributed by atoms with E-state index in [0.717, 1.165) is 101 Å². The molecule has 2 aromatic carbocycles. The van der Waals surface area contributed by atoms with E-state index in [2.05, 4.69) is 13.8 Å². The Kier molecular flexibility index (Phi) is 14.4. The SMILES string of the molecule is CCCCCCCCC(OC(CCCCCCCC)c1cccc(C(F)(F)F)c1)c1cccc(C(F)(F)F)c1. The number of rotatable bonds is 18. The summed E-state index contributed by atoms with van der Waals surface area (Å²) in [7, 11) is 0. The van der Waals surface area contributed by atoms with Crippen molar-refractivity contribution in [2.24, 2.45) is 0 Å². The molecule has 2 rings (SSSR count). The fourth-order valence-corrected chi connectivity index (χ4v) is 4.88. The van der Waals surface area contributed by atoms with Crippen LogP contribution in [-0.4, -0.2) is 0 Å². The van der Waals surface area contributed by atoms with Crippen LogP contribution in [0, 0.1) is 0 Å². The van der Waals surface area contributed by atoms with Gasteiger partial charge in [-0.3, -0.25) is 0 Å². The van der Waals surface area contributed by atoms with Crippen molar-refractivity contribution in [2.45, 2.75) is 128 Å². The topological polar surface area (TPSA) is 9.23 Å². The first kappa shape index (κ1) is 33.2. The highest BCUT2D eigenvalue weighted by Crippen LogP contribution is 2.38. The Balaban J connectivity index is 2.29. The van der Waals surface area contributed by atoms with Crippen LogP contribution in [0.2, 0.25) is 0 Å². The van der Waals surface area contributed by atoms with Crippen molar-refractivity contribution in [1.82, 2.24) is 0 Å². The Morgan fingerprint density at radius 1 is 0.538 bits per heavy atom. The van der Waals surface area contributed by atoms with Crippen LogP contribution in [0.5, 0.6) is 0 Å². The number of ether oxygens (including phenoxy) is 1. The summed E-state index contributed by atoms with van der Waals surface area (Å²) in [4.78, 5) is 0. The van der Waals surface area contributed by atoms with Gasteiger partial charge in [-0.15, -0.1) is 0 Å². The second kappa shape index (κ2) is 16.9. The molecule has 2 unspecified atom stereocenters. The third-order valence-corrected chi connectivity index (χ3v) is 7.14. The second-order valence-electron chi connectivity index (χ2n) is 10.5. The highest BCUT2D eigenvalue weighted by Gasteiger charge is 2.33. The van der Waals surface area contributed by atoms with Gasteiger partial charge in [0.1, 0.15) is 0 Å². The molecule has 0 amide bonds. The third kappa shape index (κ3) is 12.4. The monoisotopic (exact) mass is 558 g/mol. The molecule has 220 valence electrons. The molecule has 7 heteroatoms. The van der Waals surface area contributed by atoms with Crippen LogP contribution < -0.4 is 0 Å². The summed E-state index contributed by atoms with van der Waals surface area (Å²) < 4.78 is 87.4. The van der Waals surface area contributed by atoms with Crippen molar-refractivity contribution in [3.63, 3.8) is 0 Å². The maximum Gasteiger partial charge on any atom is 0.416 e. The van der Waals surface area contributed by atoms with Gasteiger partial charge in [-0.2, -0.15) is 26.3 Å². The zero-order valence-electron chi connectivity index (χ0n) is 23.3. The van der Waals surface area contributed by atoms with Gasteiger partial charge in [0.15, 0.2) is 0 Å². The summed E-state index contributed by atoms with van der Waals surface area (Å²) in [6.07, 6.45) is 3.01. The first-order valence-electron chi connectivity index (χ1n) is 14.6. The van der Waals surface area contributed by atoms with Gasteiger partial charge in [-0.1, -0.05) is 115 Å². The lowest BCUT2D eigenvalue weighted by molar-refractivity contribution is -0.138. The molecule has 39 heavy (non-hydrogen) atoms. The van der Waals surface area contributed by atoms with Crippen LogP contribution in [0.1, 0.15) is 138 Å². The summed E-state index contributed by atoms with van der Waals surface area (Å²) >= 11 is 0. The predicted octanol–water partition coefficient (Wildman–Crippen LogP) is 12.0. The highest BCUT2D eigenvalue weighted by molar-refractivity contribution is 5.29. The Morgan fingerprint density at radius 2 is 0.897 bits per heavy atom. The zero-order chi connectivity index (χ0) is 28.7. The highest BCUT2D eigenvalue weighted by atomic mass is 19.4. The maximum atomic E-state index is 13.5. The first-order chi connectivity index (χ1) is 18.6. The van der Waals surface area contributed by atoms with Crippen molar-refractivity contribution in [3.8, 4) is 0 Å². The van der Waals surface area contributed by atoms with E-state index in [4.69, 9.17) is 4.74 Å². The van der Waals surface area contributed by atoms with E-state index in [1.807, 2.05) is 0 Å². The van der Waals surface area contributed by atoms with Gasteiger partial charge in [-0.25, -0.2) is 0 Å². The molecule has 0 aromatic heterocycles. The Morgan fingerprint density at radius 3 is 1.26 bits per heavy atom. The van der Waals surface area contributed by atoms with Crippen molar-refractivity contribution >= 4 is 0 Å². The van der Waals surface area contributed by atoms with E-state index in [9.17, 15) is 26.3 Å². The van der Waals surface area contributed by atoms with E-state index >= 15 is 0 Å². The molecule has 0 saturated heterocycles. The van der Waals surface area contributed by atoms with Gasteiger partial charge in [0.05, 0.1) is 23.3 Å². The molecule has 0 heterocycles. The van der Waals surface area contributed by atoms with Crippen LogP contribution in [-0.2, 0) is 17.1 Å². The number of hydrogen-bond acceptors (Lipinski definition) is 1. The lowest BCUT2D eigenvalue weighted by Gasteiger charge is -2.27. The van der Waals surface area contributed by atoms with Gasteiger partial charge in [0, 0.05) is 0 Å². The minimum Gasteiger partial charge on any atom is -0.366 e. The predicted molar refractivity (Wildman–Crippen MR) is 145 cm³/mol. The largest absolute Gasteiger partial charge is 0.416 e. The number of halogens is 6. The summed E-state index contributed by atoms with van der Waals surface area (Å²) in [5, 5.41) is 0. The average Bonchev–Trinajstić information content (AvgIpc) is 2.90. The van der Waals surface area contributed by atoms with Crippen LogP contribution in [0.4, 0.5) is 26.3 Å². The van der Waals surface area contributed by atoms with E-state index in [-0.39, 0.29) is 0 Å². The molecular formula is C32H44F6O. The molecule has 0 N–H and O–H groups in total. The second-order valence-corrected chi connectivity index (χ2v) is 10.5. The number of unbranched alkanes of at least 4 members (excludes halogenated alkanes) is 10. The molecule has 2 atom stereocenters. The van der Waals surface area contributed by atoms with Gasteiger partial charge in [-0.05, 0) is 48.2 Å². The van der Waals surface area contributed by atoms with Crippen LogP contribution in [0.25, 0.3) is 0 Å². The fourth-order valence-electron chi connectivity index (χ4n) is 4.88. The smallest absolute Gasteiger partial charge is 0.366 e. The van der Waals surface area contributed by atoms with Crippen LogP contribution in [0.3, 0.4) is 0 Å². The Bertz CT molecular complexity index is 861. The molecule has 0 fully saturated rings. The van der Waals surface area contributed by atoms with Crippen molar-refractivity contribution in [3.05, 3.63) is 70.8 Å². The molecule has 1 nitrogen and oxygen atoms in total. The van der Waals surface area contributed by atoms with Gasteiger partial charge >= 0.3 is 12.4 Å². The molecule has 0 aliphatic carbocycles. The normalized spacial score (nSPS) is 13.9. The number of benzene rings is 2. The van der Waals surface area contributed by atoms with Crippen LogP contribution in [0.15, 0.2) is 48.5 Å². The molecule has 0 bridgehead atoms. The minimum atomic E-state index is -4.49. The number of alkyl halides is 6. The molecule has 0 aliphatic rings. The fraction of sp³-hybridized carbons (Fsp3) is 0.625. The Hall–Kier alpha value is -2.02. The quantitative estimate of drug-likeness (QED) is 0.131. The van der Waals surface area contributed by atoms with Gasteiger partial charge in [0.25, 0.3) is 0 Å².